The van der Waals surface area contributed by atoms with Gasteiger partial charge in [0.15, 0.2) is 0 Å². The molecule has 0 saturated carbocycles. The van der Waals surface area contributed by atoms with Gasteiger partial charge in [-0.3, -0.25) is 4.79 Å². The van der Waals surface area contributed by atoms with Gasteiger partial charge in [0.25, 0.3) is 5.91 Å². The number of halogens is 2. The van der Waals surface area contributed by atoms with Crippen molar-refractivity contribution in [2.75, 3.05) is 0 Å². The molecule has 0 bridgehead atoms. The molecule has 0 atom stereocenters. The van der Waals surface area contributed by atoms with Gasteiger partial charge in [-0.2, -0.15) is 5.10 Å². The molecule has 0 aliphatic carbocycles. The Morgan fingerprint density at radius 2 is 2.05 bits per heavy atom. The van der Waals surface area contributed by atoms with Crippen LogP contribution in [0.15, 0.2) is 39.9 Å². The van der Waals surface area contributed by atoms with E-state index in [1.165, 1.54) is 12.3 Å². The summed E-state index contributed by atoms with van der Waals surface area (Å²) in [6.07, 6.45) is 1.42. The Kier molecular flexibility index (Phi) is 4.24. The number of aryl methyl sites for hydroxylation is 1. The Bertz CT molecular complexity index is 635. The molecule has 0 radical (unpaired) electrons. The largest absolute Gasteiger partial charge is 0.460 e. The molecule has 0 aliphatic heterocycles. The van der Waals surface area contributed by atoms with Crippen molar-refractivity contribution in [2.24, 2.45) is 5.10 Å². The minimum absolute atomic E-state index is 0.319. The highest BCUT2D eigenvalue weighted by molar-refractivity contribution is 6.42. The highest BCUT2D eigenvalue weighted by Gasteiger charge is 2.06. The summed E-state index contributed by atoms with van der Waals surface area (Å²) >= 11 is 11.6. The third-order valence-electron chi connectivity index (χ3n) is 2.30. The number of nitrogens with zero attached hydrogens (tertiary/aromatic N) is 1. The van der Waals surface area contributed by atoms with Gasteiger partial charge < -0.3 is 4.42 Å². The van der Waals surface area contributed by atoms with Gasteiger partial charge in [0.1, 0.15) is 11.5 Å². The van der Waals surface area contributed by atoms with E-state index in [-0.39, 0.29) is 5.91 Å². The van der Waals surface area contributed by atoms with Crippen molar-refractivity contribution in [2.45, 2.75) is 6.92 Å². The fourth-order valence-electron chi connectivity index (χ4n) is 1.38. The first-order valence-electron chi connectivity index (χ1n) is 5.41. The number of hydrogen-bond donors (Lipinski definition) is 1. The number of nitrogens with one attached hydrogen (secondary N) is 1. The Labute approximate surface area is 120 Å². The van der Waals surface area contributed by atoms with Crippen molar-refractivity contribution >= 4 is 35.3 Å². The van der Waals surface area contributed by atoms with Gasteiger partial charge in [-0.25, -0.2) is 5.43 Å². The summed E-state index contributed by atoms with van der Waals surface area (Å²) in [5, 5.41) is 4.50. The van der Waals surface area contributed by atoms with Crippen molar-refractivity contribution in [3.63, 3.8) is 0 Å². The SMILES string of the molecule is Cc1ccc(/C=N/NC(=O)c2ccc(Cl)c(Cl)c2)o1. The molecular formula is C13H10Cl2N2O2. The number of benzene rings is 1. The van der Waals surface area contributed by atoms with E-state index >= 15 is 0 Å². The van der Waals surface area contributed by atoms with Crippen molar-refractivity contribution in [3.05, 3.63) is 57.5 Å². The molecular weight excluding hydrogens is 287 g/mol. The molecule has 2 aromatic rings. The summed E-state index contributed by atoms with van der Waals surface area (Å²) in [7, 11) is 0. The zero-order valence-corrected chi connectivity index (χ0v) is 11.5. The van der Waals surface area contributed by atoms with Gasteiger partial charge in [0.2, 0.25) is 0 Å². The van der Waals surface area contributed by atoms with Crippen LogP contribution in [0.3, 0.4) is 0 Å². The Balaban J connectivity index is 2.01. The van der Waals surface area contributed by atoms with Crippen molar-refractivity contribution in [3.8, 4) is 0 Å². The molecule has 1 N–H and O–H groups in total. The molecule has 1 aromatic carbocycles. The highest BCUT2D eigenvalue weighted by Crippen LogP contribution is 2.22. The van der Waals surface area contributed by atoms with Gasteiger partial charge in [-0.05, 0) is 37.3 Å². The first-order chi connectivity index (χ1) is 9.06. The topological polar surface area (TPSA) is 54.6 Å². The second-order valence-corrected chi connectivity index (χ2v) is 4.59. The molecule has 19 heavy (non-hydrogen) atoms. The van der Waals surface area contributed by atoms with E-state index in [1.54, 1.807) is 18.2 Å². The molecule has 2 rings (SSSR count). The summed E-state index contributed by atoms with van der Waals surface area (Å²) < 4.78 is 5.27. The molecule has 4 nitrogen and oxygen atoms in total. The molecule has 6 heteroatoms. The lowest BCUT2D eigenvalue weighted by molar-refractivity contribution is 0.0955. The maximum absolute atomic E-state index is 11.7. The van der Waals surface area contributed by atoms with Crippen molar-refractivity contribution in [1.29, 1.82) is 0 Å². The Morgan fingerprint density at radius 3 is 2.68 bits per heavy atom. The summed E-state index contributed by atoms with van der Waals surface area (Å²) in [6, 6.07) is 8.16. The van der Waals surface area contributed by atoms with Gasteiger partial charge in [0, 0.05) is 5.56 Å². The normalized spacial score (nSPS) is 10.9. The van der Waals surface area contributed by atoms with Crippen LogP contribution in [0.25, 0.3) is 0 Å². The van der Waals surface area contributed by atoms with Gasteiger partial charge in [-0.1, -0.05) is 23.2 Å². The van der Waals surface area contributed by atoms with Crippen LogP contribution in [0.2, 0.25) is 10.0 Å². The first kappa shape index (κ1) is 13.6. The zero-order valence-electron chi connectivity index (χ0n) is 9.98. The lowest BCUT2D eigenvalue weighted by Gasteiger charge is -2.01. The maximum atomic E-state index is 11.7. The summed E-state index contributed by atoms with van der Waals surface area (Å²) in [6.45, 7) is 1.83. The summed E-state index contributed by atoms with van der Waals surface area (Å²) in [5.41, 5.74) is 2.75. The maximum Gasteiger partial charge on any atom is 0.271 e. The molecule has 0 saturated heterocycles. The lowest BCUT2D eigenvalue weighted by Crippen LogP contribution is -2.17. The summed E-state index contributed by atoms with van der Waals surface area (Å²) in [4.78, 5) is 11.7. The molecule has 0 aliphatic rings. The zero-order chi connectivity index (χ0) is 13.8. The lowest BCUT2D eigenvalue weighted by atomic mass is 10.2. The smallest absolute Gasteiger partial charge is 0.271 e. The Morgan fingerprint density at radius 1 is 1.26 bits per heavy atom. The monoisotopic (exact) mass is 296 g/mol. The number of amides is 1. The van der Waals surface area contributed by atoms with Crippen LogP contribution < -0.4 is 5.43 Å². The molecule has 98 valence electrons. The van der Waals surface area contributed by atoms with Gasteiger partial charge in [-0.15, -0.1) is 0 Å². The van der Waals surface area contributed by atoms with Gasteiger partial charge >= 0.3 is 0 Å². The van der Waals surface area contributed by atoms with Crippen molar-refractivity contribution in [1.82, 2.24) is 5.43 Å². The highest BCUT2D eigenvalue weighted by atomic mass is 35.5. The van der Waals surface area contributed by atoms with Crippen LogP contribution in [0.4, 0.5) is 0 Å². The fraction of sp³-hybridized carbons (Fsp3) is 0.0769. The van der Waals surface area contributed by atoms with E-state index in [2.05, 4.69) is 10.5 Å². The van der Waals surface area contributed by atoms with Crippen LogP contribution >= 0.6 is 23.2 Å². The van der Waals surface area contributed by atoms with Crippen LogP contribution in [-0.4, -0.2) is 12.1 Å². The van der Waals surface area contributed by atoms with E-state index in [0.717, 1.165) is 5.76 Å². The number of furan rings is 1. The number of hydrogen-bond acceptors (Lipinski definition) is 3. The molecule has 0 spiro atoms. The minimum Gasteiger partial charge on any atom is -0.460 e. The predicted octanol–water partition coefficient (Wildman–Crippen LogP) is 3.66. The second kappa shape index (κ2) is 5.91. The third kappa shape index (κ3) is 3.59. The van der Waals surface area contributed by atoms with Crippen LogP contribution in [0.5, 0.6) is 0 Å². The predicted molar refractivity (Wildman–Crippen MR) is 75.0 cm³/mol. The van der Waals surface area contributed by atoms with E-state index in [9.17, 15) is 4.79 Å². The number of hydrazone groups is 1. The quantitative estimate of drug-likeness (QED) is 0.694. The first-order valence-corrected chi connectivity index (χ1v) is 6.17. The Hall–Kier alpha value is -1.78. The number of carbonyl (C=O) groups is 1. The second-order valence-electron chi connectivity index (χ2n) is 3.78. The van der Waals surface area contributed by atoms with Crippen LogP contribution in [-0.2, 0) is 0 Å². The molecule has 0 fully saturated rings. The number of rotatable bonds is 3. The standard InChI is InChI=1S/C13H10Cl2N2O2/c1-8-2-4-10(19-8)7-16-17-13(18)9-3-5-11(14)12(15)6-9/h2-7H,1H3,(H,17,18)/b16-7+. The van der Waals surface area contributed by atoms with E-state index < -0.39 is 0 Å². The van der Waals surface area contributed by atoms with Gasteiger partial charge in [0.05, 0.1) is 16.3 Å². The molecule has 0 unspecified atom stereocenters. The molecule has 1 amide bonds. The molecule has 1 aromatic heterocycles. The van der Waals surface area contributed by atoms with Crippen LogP contribution in [0, 0.1) is 6.92 Å². The molecule has 1 heterocycles. The number of carbonyl (C=O) groups excluding carboxylic acids is 1. The minimum atomic E-state index is -0.377. The average Bonchev–Trinajstić information content (AvgIpc) is 2.78. The van der Waals surface area contributed by atoms with E-state index in [1.807, 2.05) is 13.0 Å². The average molecular weight is 297 g/mol. The third-order valence-corrected chi connectivity index (χ3v) is 3.04. The van der Waals surface area contributed by atoms with Crippen molar-refractivity contribution < 1.29 is 9.21 Å². The van der Waals surface area contributed by atoms with Crippen LogP contribution in [0.1, 0.15) is 21.9 Å². The van der Waals surface area contributed by atoms with E-state index in [4.69, 9.17) is 27.6 Å². The van der Waals surface area contributed by atoms with E-state index in [0.29, 0.717) is 21.4 Å². The fourth-order valence-corrected chi connectivity index (χ4v) is 1.68. The summed E-state index contributed by atoms with van der Waals surface area (Å²) in [5.74, 6) is 0.960.